The number of aryl methyl sites for hydroxylation is 1. The molecule has 0 aliphatic carbocycles. The molecule has 1 aromatic heterocycles. The summed E-state index contributed by atoms with van der Waals surface area (Å²) in [6.45, 7) is 7.55. The summed E-state index contributed by atoms with van der Waals surface area (Å²) in [7, 11) is 0. The first-order chi connectivity index (χ1) is 13.2. The minimum Gasteiger partial charge on any atom is -0.454 e. The van der Waals surface area contributed by atoms with E-state index in [1.54, 1.807) is 6.33 Å². The zero-order valence-electron chi connectivity index (χ0n) is 15.6. The minimum atomic E-state index is 0.283. The van der Waals surface area contributed by atoms with E-state index in [4.69, 9.17) is 21.1 Å². The zero-order chi connectivity index (χ0) is 18.4. The SMILES string of the molecule is Cc1[nH]cnc1CN1C[C@H]2CC[C@@H](C1)N(Cc1cc3c(cc1Cl)OCO3)C2. The standard InChI is InChI=1S/C20H25ClN4O2/c1-13-18(23-11-22-13)10-24-6-14-2-3-16(9-24)25(7-14)8-15-4-19-20(5-17(15)21)27-12-26-19/h4-5,11,14,16H,2-3,6-10,12H2,1H3,(H,22,23)/t14-,16+/m1/s1. The Morgan fingerprint density at radius 3 is 2.81 bits per heavy atom. The highest BCUT2D eigenvalue weighted by Crippen LogP contribution is 2.38. The van der Waals surface area contributed by atoms with Gasteiger partial charge in [0.1, 0.15) is 0 Å². The zero-order valence-corrected chi connectivity index (χ0v) is 16.3. The predicted molar refractivity (Wildman–Crippen MR) is 103 cm³/mol. The van der Waals surface area contributed by atoms with Crippen molar-refractivity contribution in [3.8, 4) is 11.5 Å². The van der Waals surface area contributed by atoms with Crippen LogP contribution < -0.4 is 9.47 Å². The highest BCUT2D eigenvalue weighted by molar-refractivity contribution is 6.31. The molecule has 27 heavy (non-hydrogen) atoms. The van der Waals surface area contributed by atoms with Crippen molar-refractivity contribution in [3.05, 3.63) is 40.4 Å². The van der Waals surface area contributed by atoms with E-state index in [1.807, 2.05) is 12.1 Å². The van der Waals surface area contributed by atoms with Gasteiger partial charge >= 0.3 is 0 Å². The van der Waals surface area contributed by atoms with Crippen molar-refractivity contribution in [1.29, 1.82) is 0 Å². The lowest BCUT2D eigenvalue weighted by atomic mass is 9.94. The number of hydrogen-bond acceptors (Lipinski definition) is 5. The monoisotopic (exact) mass is 388 g/mol. The maximum absolute atomic E-state index is 6.53. The van der Waals surface area contributed by atoms with Crippen LogP contribution in [0.1, 0.15) is 29.8 Å². The Morgan fingerprint density at radius 2 is 2.00 bits per heavy atom. The van der Waals surface area contributed by atoms with Gasteiger partial charge in [-0.3, -0.25) is 9.80 Å². The molecule has 2 bridgehead atoms. The van der Waals surface area contributed by atoms with Crippen LogP contribution in [0.2, 0.25) is 5.02 Å². The lowest BCUT2D eigenvalue weighted by Gasteiger charge is -2.36. The molecule has 6 nitrogen and oxygen atoms in total. The van der Waals surface area contributed by atoms with E-state index >= 15 is 0 Å². The van der Waals surface area contributed by atoms with Gasteiger partial charge in [-0.15, -0.1) is 0 Å². The Kier molecular flexibility index (Phi) is 4.50. The fourth-order valence-corrected chi connectivity index (χ4v) is 4.87. The van der Waals surface area contributed by atoms with Gasteiger partial charge in [0.25, 0.3) is 0 Å². The molecule has 0 radical (unpaired) electrons. The molecule has 6 rings (SSSR count). The normalized spacial score (nSPS) is 25.1. The molecule has 144 valence electrons. The molecule has 1 N–H and O–H groups in total. The van der Waals surface area contributed by atoms with Crippen molar-refractivity contribution in [2.75, 3.05) is 26.4 Å². The van der Waals surface area contributed by atoms with E-state index in [1.165, 1.54) is 24.2 Å². The van der Waals surface area contributed by atoms with Gasteiger partial charge in [-0.2, -0.15) is 0 Å². The second kappa shape index (κ2) is 7.00. The van der Waals surface area contributed by atoms with Crippen molar-refractivity contribution in [3.63, 3.8) is 0 Å². The van der Waals surface area contributed by atoms with Crippen LogP contribution in [-0.4, -0.2) is 52.2 Å². The van der Waals surface area contributed by atoms with Gasteiger partial charge in [-0.25, -0.2) is 4.98 Å². The molecule has 2 atom stereocenters. The third kappa shape index (κ3) is 3.42. The van der Waals surface area contributed by atoms with Crippen LogP contribution in [0.4, 0.5) is 0 Å². The van der Waals surface area contributed by atoms with Gasteiger partial charge in [0.2, 0.25) is 6.79 Å². The Morgan fingerprint density at radius 1 is 1.15 bits per heavy atom. The number of H-pyrrole nitrogens is 1. The van der Waals surface area contributed by atoms with Crippen LogP contribution >= 0.6 is 11.6 Å². The topological polar surface area (TPSA) is 53.6 Å². The van der Waals surface area contributed by atoms with Gasteiger partial charge in [0.15, 0.2) is 11.5 Å². The van der Waals surface area contributed by atoms with E-state index in [0.29, 0.717) is 12.0 Å². The van der Waals surface area contributed by atoms with E-state index in [9.17, 15) is 0 Å². The van der Waals surface area contributed by atoms with E-state index in [-0.39, 0.29) is 6.79 Å². The molecule has 5 heterocycles. The highest BCUT2D eigenvalue weighted by atomic mass is 35.5. The Labute approximate surface area is 164 Å². The van der Waals surface area contributed by atoms with Gasteiger partial charge in [-0.05, 0) is 37.3 Å². The summed E-state index contributed by atoms with van der Waals surface area (Å²) in [4.78, 5) is 12.9. The lowest BCUT2D eigenvalue weighted by molar-refractivity contribution is 0.123. The molecule has 3 saturated heterocycles. The van der Waals surface area contributed by atoms with Crippen LogP contribution in [0.5, 0.6) is 11.5 Å². The van der Waals surface area contributed by atoms with E-state index in [0.717, 1.165) is 54.8 Å². The van der Waals surface area contributed by atoms with Gasteiger partial charge in [0.05, 0.1) is 12.0 Å². The molecule has 0 spiro atoms. The van der Waals surface area contributed by atoms with Crippen molar-refractivity contribution in [2.24, 2.45) is 5.92 Å². The van der Waals surface area contributed by atoms with Crippen molar-refractivity contribution in [2.45, 2.75) is 38.9 Å². The number of benzene rings is 1. The number of nitrogens with zero attached hydrogens (tertiary/aromatic N) is 3. The van der Waals surface area contributed by atoms with Crippen molar-refractivity contribution in [1.82, 2.24) is 19.8 Å². The summed E-state index contributed by atoms with van der Waals surface area (Å²) < 4.78 is 11.0. The number of nitrogens with one attached hydrogen (secondary N) is 1. The van der Waals surface area contributed by atoms with Crippen LogP contribution in [-0.2, 0) is 13.1 Å². The second-order valence-electron chi connectivity index (χ2n) is 7.99. The first kappa shape index (κ1) is 17.3. The molecular weight excluding hydrogens is 364 g/mol. The van der Waals surface area contributed by atoms with E-state index in [2.05, 4.69) is 26.7 Å². The molecular formula is C20H25ClN4O2. The largest absolute Gasteiger partial charge is 0.454 e. The number of ether oxygens (including phenoxy) is 2. The first-order valence-corrected chi connectivity index (χ1v) is 10.1. The fourth-order valence-electron chi connectivity index (χ4n) is 4.66. The summed E-state index contributed by atoms with van der Waals surface area (Å²) in [5.74, 6) is 2.27. The summed E-state index contributed by atoms with van der Waals surface area (Å²) in [5.41, 5.74) is 3.47. The maximum Gasteiger partial charge on any atom is 0.231 e. The second-order valence-corrected chi connectivity index (χ2v) is 8.40. The number of imidazole rings is 1. The number of aromatic amines is 1. The minimum absolute atomic E-state index is 0.283. The Balaban J connectivity index is 1.31. The smallest absolute Gasteiger partial charge is 0.231 e. The number of aromatic nitrogens is 2. The van der Waals surface area contributed by atoms with Crippen LogP contribution in [0.3, 0.4) is 0 Å². The van der Waals surface area contributed by atoms with Gasteiger partial charge < -0.3 is 14.5 Å². The Hall–Kier alpha value is -1.76. The molecule has 0 saturated carbocycles. The molecule has 0 unspecified atom stereocenters. The molecule has 0 amide bonds. The van der Waals surface area contributed by atoms with Gasteiger partial charge in [-0.1, -0.05) is 11.6 Å². The molecule has 4 aliphatic rings. The number of rotatable bonds is 4. The molecule has 3 fully saturated rings. The number of hydrogen-bond donors (Lipinski definition) is 1. The lowest BCUT2D eigenvalue weighted by Crippen LogP contribution is -2.43. The van der Waals surface area contributed by atoms with Gasteiger partial charge in [0, 0.05) is 55.5 Å². The Bertz CT molecular complexity index is 839. The molecule has 4 aliphatic heterocycles. The third-order valence-corrected chi connectivity index (χ3v) is 6.48. The van der Waals surface area contributed by atoms with Crippen LogP contribution in [0, 0.1) is 12.8 Å². The van der Waals surface area contributed by atoms with Crippen LogP contribution in [0.15, 0.2) is 18.5 Å². The quantitative estimate of drug-likeness (QED) is 0.871. The number of piperidine rings is 1. The average molecular weight is 389 g/mol. The van der Waals surface area contributed by atoms with Crippen molar-refractivity contribution < 1.29 is 9.47 Å². The van der Waals surface area contributed by atoms with Crippen LogP contribution in [0.25, 0.3) is 0 Å². The molecule has 2 aromatic rings. The fraction of sp³-hybridized carbons (Fsp3) is 0.550. The summed E-state index contributed by atoms with van der Waals surface area (Å²) in [5, 5.41) is 0.767. The number of halogens is 1. The first-order valence-electron chi connectivity index (χ1n) is 9.69. The summed E-state index contributed by atoms with van der Waals surface area (Å²) in [6, 6.07) is 4.50. The average Bonchev–Trinajstić information content (AvgIpc) is 3.16. The van der Waals surface area contributed by atoms with Crippen molar-refractivity contribution >= 4 is 11.6 Å². The molecule has 7 heteroatoms. The maximum atomic E-state index is 6.53. The predicted octanol–water partition coefficient (Wildman–Crippen LogP) is 3.20. The summed E-state index contributed by atoms with van der Waals surface area (Å²) in [6.07, 6.45) is 4.36. The van der Waals surface area contributed by atoms with E-state index < -0.39 is 0 Å². The third-order valence-electron chi connectivity index (χ3n) is 6.13. The number of fused-ring (bicyclic) bond motifs is 5. The molecule has 1 aromatic carbocycles. The summed E-state index contributed by atoms with van der Waals surface area (Å²) >= 11 is 6.53. The highest BCUT2D eigenvalue weighted by Gasteiger charge is 2.35.